The second kappa shape index (κ2) is 7.82. The Hall–Kier alpha value is -2.61. The molecule has 2 heterocycles. The van der Waals surface area contributed by atoms with Crippen LogP contribution in [-0.2, 0) is 10.4 Å². The summed E-state index contributed by atoms with van der Waals surface area (Å²) in [6.45, 7) is 3.21. The summed E-state index contributed by atoms with van der Waals surface area (Å²) in [6.07, 6.45) is 5.49. The van der Waals surface area contributed by atoms with Gasteiger partial charge in [-0.1, -0.05) is 12.2 Å². The molecule has 1 aliphatic heterocycles. The fourth-order valence-electron chi connectivity index (χ4n) is 4.56. The Bertz CT molecular complexity index is 1040. The van der Waals surface area contributed by atoms with E-state index in [4.69, 9.17) is 0 Å². The molecule has 0 spiro atoms. The van der Waals surface area contributed by atoms with Crippen LogP contribution in [0.4, 0.5) is 18.9 Å². The number of alkyl halides is 3. The highest BCUT2D eigenvalue weighted by Gasteiger charge is 2.40. The summed E-state index contributed by atoms with van der Waals surface area (Å²) >= 11 is 0. The number of aromatic nitrogens is 2. The quantitative estimate of drug-likeness (QED) is 0.689. The molecule has 31 heavy (non-hydrogen) atoms. The van der Waals surface area contributed by atoms with Crippen molar-refractivity contribution in [3.05, 3.63) is 47.8 Å². The molecular formula is C23H26F3N3O2. The third-order valence-electron chi connectivity index (χ3n) is 6.20. The highest BCUT2D eigenvalue weighted by molar-refractivity contribution is 5.86. The number of carbonyl (C=O) groups is 1. The van der Waals surface area contributed by atoms with Crippen molar-refractivity contribution in [1.29, 1.82) is 0 Å². The average molecular weight is 433 g/mol. The Labute approximate surface area is 178 Å². The van der Waals surface area contributed by atoms with Crippen molar-refractivity contribution in [3.8, 4) is 0 Å². The maximum absolute atomic E-state index is 13.7. The van der Waals surface area contributed by atoms with Gasteiger partial charge in [0.25, 0.3) is 0 Å². The predicted molar refractivity (Wildman–Crippen MR) is 113 cm³/mol. The van der Waals surface area contributed by atoms with Gasteiger partial charge in [-0.3, -0.25) is 4.68 Å². The molecule has 1 aliphatic carbocycles. The van der Waals surface area contributed by atoms with Gasteiger partial charge in [0, 0.05) is 29.1 Å². The van der Waals surface area contributed by atoms with E-state index in [1.54, 1.807) is 38.3 Å². The van der Waals surface area contributed by atoms with Crippen LogP contribution in [0, 0.1) is 5.92 Å². The number of hydrogen-bond donors (Lipinski definition) is 1. The largest absolute Gasteiger partial charge is 0.431 e. The zero-order chi connectivity index (χ0) is 22.4. The first-order valence-corrected chi connectivity index (χ1v) is 10.5. The summed E-state index contributed by atoms with van der Waals surface area (Å²) in [4.78, 5) is 12.3. The Morgan fingerprint density at radius 1 is 1.16 bits per heavy atom. The van der Waals surface area contributed by atoms with Gasteiger partial charge < -0.3 is 14.8 Å². The standard InChI is InChI=1S/C23H26F3N3O2/c1-22(2,31)18-12-19-16(13-27-29(19)17-8-6-15(14-30)7-9-17)11-20(18)28-10-4-3-5-21(28)23(24,25)26/h3-5,11-15,17,31H,6-10H2,1-2H3. The minimum absolute atomic E-state index is 0.0593. The summed E-state index contributed by atoms with van der Waals surface area (Å²) in [7, 11) is 0. The van der Waals surface area contributed by atoms with Crippen molar-refractivity contribution in [1.82, 2.24) is 9.78 Å². The van der Waals surface area contributed by atoms with Crippen molar-refractivity contribution in [2.24, 2.45) is 5.92 Å². The van der Waals surface area contributed by atoms with Gasteiger partial charge in [-0.05, 0) is 57.7 Å². The van der Waals surface area contributed by atoms with Crippen LogP contribution in [0.2, 0.25) is 0 Å². The van der Waals surface area contributed by atoms with Gasteiger partial charge in [-0.2, -0.15) is 18.3 Å². The lowest BCUT2D eigenvalue weighted by atomic mass is 9.87. The smallest absolute Gasteiger partial charge is 0.386 e. The van der Waals surface area contributed by atoms with Gasteiger partial charge in [0.15, 0.2) is 0 Å². The Morgan fingerprint density at radius 2 is 1.87 bits per heavy atom. The van der Waals surface area contributed by atoms with Gasteiger partial charge >= 0.3 is 6.18 Å². The highest BCUT2D eigenvalue weighted by atomic mass is 19.4. The number of fused-ring (bicyclic) bond motifs is 1. The molecule has 2 aromatic rings. The van der Waals surface area contributed by atoms with Gasteiger partial charge in [0.1, 0.15) is 12.0 Å². The van der Waals surface area contributed by atoms with Crippen LogP contribution in [0.1, 0.15) is 51.1 Å². The lowest BCUT2D eigenvalue weighted by molar-refractivity contribution is -0.112. The molecule has 5 nitrogen and oxygen atoms in total. The van der Waals surface area contributed by atoms with E-state index in [1.807, 2.05) is 4.68 Å². The van der Waals surface area contributed by atoms with Gasteiger partial charge in [0.05, 0.1) is 23.4 Å². The molecule has 0 atom stereocenters. The van der Waals surface area contributed by atoms with Gasteiger partial charge in [0.2, 0.25) is 0 Å². The average Bonchev–Trinajstić information content (AvgIpc) is 3.15. The third-order valence-corrected chi connectivity index (χ3v) is 6.20. The zero-order valence-corrected chi connectivity index (χ0v) is 17.6. The fourth-order valence-corrected chi connectivity index (χ4v) is 4.56. The van der Waals surface area contributed by atoms with E-state index < -0.39 is 17.5 Å². The lowest BCUT2D eigenvalue weighted by Gasteiger charge is -2.34. The van der Waals surface area contributed by atoms with E-state index in [0.717, 1.165) is 48.9 Å². The third kappa shape index (κ3) is 4.13. The molecular weight excluding hydrogens is 407 g/mol. The van der Waals surface area contributed by atoms with E-state index in [-0.39, 0.29) is 18.5 Å². The molecule has 2 aliphatic rings. The fraction of sp³-hybridized carbons (Fsp3) is 0.478. The Kier molecular flexibility index (Phi) is 5.45. The summed E-state index contributed by atoms with van der Waals surface area (Å²) in [5.74, 6) is 0.0800. The van der Waals surface area contributed by atoms with Crippen LogP contribution in [0.5, 0.6) is 0 Å². The summed E-state index contributed by atoms with van der Waals surface area (Å²) in [5, 5.41) is 16.1. The molecule has 1 saturated carbocycles. The molecule has 0 unspecified atom stereocenters. The van der Waals surface area contributed by atoms with Crippen LogP contribution in [-0.4, -0.2) is 33.9 Å². The van der Waals surface area contributed by atoms with E-state index in [0.29, 0.717) is 11.3 Å². The number of carbonyl (C=O) groups excluding carboxylic acids is 1. The number of halogens is 3. The van der Waals surface area contributed by atoms with Gasteiger partial charge in [-0.25, -0.2) is 0 Å². The Morgan fingerprint density at radius 3 is 2.48 bits per heavy atom. The van der Waals surface area contributed by atoms with Crippen LogP contribution < -0.4 is 4.90 Å². The minimum Gasteiger partial charge on any atom is -0.386 e. The first-order chi connectivity index (χ1) is 14.6. The summed E-state index contributed by atoms with van der Waals surface area (Å²) < 4.78 is 42.9. The summed E-state index contributed by atoms with van der Waals surface area (Å²) in [6, 6.07) is 3.57. The molecule has 8 heteroatoms. The molecule has 4 rings (SSSR count). The second-order valence-electron chi connectivity index (χ2n) is 8.87. The predicted octanol–water partition coefficient (Wildman–Crippen LogP) is 5.02. The molecule has 1 aromatic heterocycles. The van der Waals surface area contributed by atoms with Crippen LogP contribution in [0.25, 0.3) is 10.9 Å². The highest BCUT2D eigenvalue weighted by Crippen LogP contribution is 2.41. The van der Waals surface area contributed by atoms with Crippen LogP contribution in [0.3, 0.4) is 0 Å². The first kappa shape index (κ1) is 21.6. The maximum atomic E-state index is 13.7. The molecule has 1 N–H and O–H groups in total. The monoisotopic (exact) mass is 433 g/mol. The van der Waals surface area contributed by atoms with Crippen LogP contribution in [0.15, 0.2) is 42.3 Å². The number of anilines is 1. The number of aliphatic hydroxyl groups is 1. The molecule has 0 saturated heterocycles. The van der Waals surface area contributed by atoms with E-state index in [1.165, 1.54) is 11.0 Å². The Balaban J connectivity index is 1.80. The first-order valence-electron chi connectivity index (χ1n) is 10.5. The van der Waals surface area contributed by atoms with Crippen molar-refractivity contribution in [2.75, 3.05) is 11.4 Å². The normalized spacial score (nSPS) is 22.6. The molecule has 166 valence electrons. The number of benzene rings is 1. The van der Waals surface area contributed by atoms with E-state index in [2.05, 4.69) is 5.10 Å². The van der Waals surface area contributed by atoms with Crippen molar-refractivity contribution in [2.45, 2.75) is 57.3 Å². The molecule has 0 radical (unpaired) electrons. The van der Waals surface area contributed by atoms with E-state index >= 15 is 0 Å². The number of hydrogen-bond acceptors (Lipinski definition) is 4. The lowest BCUT2D eigenvalue weighted by Crippen LogP contribution is -2.35. The second-order valence-corrected chi connectivity index (χ2v) is 8.87. The zero-order valence-electron chi connectivity index (χ0n) is 17.6. The van der Waals surface area contributed by atoms with Gasteiger partial charge in [-0.15, -0.1) is 0 Å². The van der Waals surface area contributed by atoms with Crippen molar-refractivity contribution < 1.29 is 23.1 Å². The number of nitrogens with zero attached hydrogens (tertiary/aromatic N) is 3. The summed E-state index contributed by atoms with van der Waals surface area (Å²) in [5.41, 5.74) is -0.614. The van der Waals surface area contributed by atoms with E-state index in [9.17, 15) is 23.1 Å². The minimum atomic E-state index is -4.52. The molecule has 1 aromatic carbocycles. The SMILES string of the molecule is CC(C)(O)c1cc2c(cnn2C2CCC(C=O)CC2)cc1N1CC=CC=C1C(F)(F)F. The van der Waals surface area contributed by atoms with Crippen molar-refractivity contribution >= 4 is 22.9 Å². The topological polar surface area (TPSA) is 58.4 Å². The number of aldehydes is 1. The maximum Gasteiger partial charge on any atom is 0.431 e. The number of rotatable bonds is 4. The molecule has 0 amide bonds. The number of allylic oxidation sites excluding steroid dienone is 3. The van der Waals surface area contributed by atoms with Crippen LogP contribution >= 0.6 is 0 Å². The molecule has 1 fully saturated rings. The molecule has 0 bridgehead atoms. The van der Waals surface area contributed by atoms with Crippen molar-refractivity contribution in [3.63, 3.8) is 0 Å².